The molecule has 0 saturated heterocycles. The maximum Gasteiger partial charge on any atom is 0.367 e. The average Bonchev–Trinajstić information content (AvgIpc) is 2.78. The van der Waals surface area contributed by atoms with Crippen molar-refractivity contribution in [2.75, 3.05) is 20.2 Å². The van der Waals surface area contributed by atoms with E-state index in [-0.39, 0.29) is 23.2 Å². The van der Waals surface area contributed by atoms with Gasteiger partial charge in [-0.1, -0.05) is 6.08 Å². The van der Waals surface area contributed by atoms with Crippen LogP contribution in [-0.2, 0) is 4.74 Å². The number of hydrogen-bond acceptors (Lipinski definition) is 5. The number of carbonyl (C=O) groups is 2. The van der Waals surface area contributed by atoms with Gasteiger partial charge in [-0.2, -0.15) is 0 Å². The summed E-state index contributed by atoms with van der Waals surface area (Å²) in [7, 11) is 1.65. The van der Waals surface area contributed by atoms with Gasteiger partial charge in [0.25, 0.3) is 5.91 Å². The Morgan fingerprint density at radius 2 is 2.35 bits per heavy atom. The lowest BCUT2D eigenvalue weighted by Crippen LogP contribution is -2.27. The van der Waals surface area contributed by atoms with E-state index in [2.05, 4.69) is 11.6 Å². The van der Waals surface area contributed by atoms with E-state index in [1.54, 1.807) is 25.4 Å². The number of amides is 1. The quantitative estimate of drug-likeness (QED) is 0.591. The molecule has 1 aromatic rings. The Labute approximate surface area is 104 Å². The van der Waals surface area contributed by atoms with E-state index in [1.807, 2.05) is 0 Å². The number of hydrogen-bond donors (Lipinski definition) is 0. The predicted octanol–water partition coefficient (Wildman–Crippen LogP) is 1.58. The highest BCUT2D eigenvalue weighted by atomic mass is 32.1. The zero-order chi connectivity index (χ0) is 12.8. The molecule has 0 unspecified atom stereocenters. The molecular weight excluding hydrogens is 240 g/mol. The summed E-state index contributed by atoms with van der Waals surface area (Å²) in [6, 6.07) is 0. The molecule has 6 heteroatoms. The molecule has 0 bridgehead atoms. The highest BCUT2D eigenvalue weighted by Gasteiger charge is 2.18. The summed E-state index contributed by atoms with van der Waals surface area (Å²) in [4.78, 5) is 28.6. The summed E-state index contributed by atoms with van der Waals surface area (Å²) in [5.74, 6) is -0.736. The molecule has 0 spiro atoms. The molecule has 0 fully saturated rings. The zero-order valence-electron chi connectivity index (χ0n) is 9.80. The van der Waals surface area contributed by atoms with Crippen molar-refractivity contribution in [1.29, 1.82) is 0 Å². The lowest BCUT2D eigenvalue weighted by atomic mass is 10.4. The normalized spacial score (nSPS) is 9.76. The third-order valence-electron chi connectivity index (χ3n) is 1.92. The third kappa shape index (κ3) is 3.39. The van der Waals surface area contributed by atoms with Gasteiger partial charge in [0.15, 0.2) is 0 Å². The summed E-state index contributed by atoms with van der Waals surface area (Å²) < 4.78 is 4.80. The monoisotopic (exact) mass is 254 g/mol. The van der Waals surface area contributed by atoms with E-state index in [0.717, 1.165) is 11.3 Å². The van der Waals surface area contributed by atoms with Gasteiger partial charge in [0.2, 0.25) is 5.01 Å². The van der Waals surface area contributed by atoms with Crippen molar-refractivity contribution in [1.82, 2.24) is 9.88 Å². The van der Waals surface area contributed by atoms with Gasteiger partial charge in [-0.15, -0.1) is 17.9 Å². The Bertz CT molecular complexity index is 428. The van der Waals surface area contributed by atoms with Crippen LogP contribution in [0.4, 0.5) is 0 Å². The van der Waals surface area contributed by atoms with Crippen LogP contribution in [0.2, 0.25) is 0 Å². The van der Waals surface area contributed by atoms with Crippen molar-refractivity contribution in [2.45, 2.75) is 6.92 Å². The second-order valence-electron chi connectivity index (χ2n) is 3.23. The van der Waals surface area contributed by atoms with Crippen molar-refractivity contribution < 1.29 is 14.3 Å². The van der Waals surface area contributed by atoms with Crippen molar-refractivity contribution in [3.8, 4) is 0 Å². The Morgan fingerprint density at radius 1 is 1.65 bits per heavy atom. The van der Waals surface area contributed by atoms with Gasteiger partial charge < -0.3 is 9.64 Å². The minimum atomic E-state index is -0.497. The molecule has 0 aliphatic heterocycles. The first-order valence-electron chi connectivity index (χ1n) is 5.09. The van der Waals surface area contributed by atoms with Crippen LogP contribution < -0.4 is 0 Å². The summed E-state index contributed by atoms with van der Waals surface area (Å²) in [5.41, 5.74) is 0.252. The Hall–Kier alpha value is -1.69. The first-order valence-corrected chi connectivity index (χ1v) is 5.97. The largest absolute Gasteiger partial charge is 0.461 e. The SMILES string of the molecule is C=CCN(C)C(=O)c1csc(C(=O)OCC)n1. The average molecular weight is 254 g/mol. The summed E-state index contributed by atoms with van der Waals surface area (Å²) >= 11 is 1.10. The topological polar surface area (TPSA) is 59.5 Å². The number of likely N-dealkylation sites (N-methyl/N-ethyl adjacent to an activating group) is 1. The van der Waals surface area contributed by atoms with Crippen LogP contribution in [0.3, 0.4) is 0 Å². The molecule has 17 heavy (non-hydrogen) atoms. The third-order valence-corrected chi connectivity index (χ3v) is 2.75. The standard InChI is InChI=1S/C11H14N2O3S/c1-4-6-13(3)10(14)8-7-17-9(12-8)11(15)16-5-2/h4,7H,1,5-6H2,2-3H3. The van der Waals surface area contributed by atoms with E-state index in [9.17, 15) is 9.59 Å². The van der Waals surface area contributed by atoms with E-state index in [4.69, 9.17) is 4.74 Å². The molecule has 1 rings (SSSR count). The molecule has 5 nitrogen and oxygen atoms in total. The Kier molecular flexibility index (Phi) is 4.84. The van der Waals surface area contributed by atoms with Gasteiger partial charge in [-0.05, 0) is 6.92 Å². The Morgan fingerprint density at radius 3 is 2.94 bits per heavy atom. The number of ether oxygens (including phenoxy) is 1. The molecule has 1 aromatic heterocycles. The number of thiazole rings is 1. The minimum Gasteiger partial charge on any atom is -0.461 e. The summed E-state index contributed by atoms with van der Waals surface area (Å²) in [5, 5.41) is 1.75. The van der Waals surface area contributed by atoms with Crippen LogP contribution >= 0.6 is 11.3 Å². The van der Waals surface area contributed by atoms with E-state index in [1.165, 1.54) is 4.90 Å². The second-order valence-corrected chi connectivity index (χ2v) is 4.09. The molecule has 0 atom stereocenters. The molecule has 1 heterocycles. The summed E-state index contributed by atoms with van der Waals surface area (Å²) in [6.45, 7) is 5.99. The lowest BCUT2D eigenvalue weighted by molar-refractivity contribution is 0.0526. The van der Waals surface area contributed by atoms with Gasteiger partial charge in [0.1, 0.15) is 5.69 Å². The molecule has 0 aliphatic rings. The van der Waals surface area contributed by atoms with Crippen LogP contribution in [0.1, 0.15) is 27.2 Å². The second kappa shape index (κ2) is 6.15. The highest BCUT2D eigenvalue weighted by Crippen LogP contribution is 2.12. The van der Waals surface area contributed by atoms with Crippen LogP contribution in [0.15, 0.2) is 18.0 Å². The van der Waals surface area contributed by atoms with Crippen molar-refractivity contribution >= 4 is 23.2 Å². The molecule has 0 radical (unpaired) electrons. The van der Waals surface area contributed by atoms with Gasteiger partial charge in [0.05, 0.1) is 6.61 Å². The van der Waals surface area contributed by atoms with Crippen LogP contribution in [0.5, 0.6) is 0 Å². The van der Waals surface area contributed by atoms with Gasteiger partial charge in [-0.3, -0.25) is 4.79 Å². The predicted molar refractivity (Wildman–Crippen MR) is 65.2 cm³/mol. The minimum absolute atomic E-state index is 0.196. The molecular formula is C11H14N2O3S. The molecule has 92 valence electrons. The fourth-order valence-corrected chi connectivity index (χ4v) is 1.81. The summed E-state index contributed by atoms with van der Waals surface area (Å²) in [6.07, 6.45) is 1.62. The zero-order valence-corrected chi connectivity index (χ0v) is 10.6. The number of rotatable bonds is 5. The van der Waals surface area contributed by atoms with Crippen molar-refractivity contribution in [3.05, 3.63) is 28.7 Å². The molecule has 0 saturated carbocycles. The number of aromatic nitrogens is 1. The first kappa shape index (κ1) is 13.4. The smallest absolute Gasteiger partial charge is 0.367 e. The van der Waals surface area contributed by atoms with Crippen LogP contribution in [0.25, 0.3) is 0 Å². The van der Waals surface area contributed by atoms with E-state index in [0.29, 0.717) is 6.54 Å². The van der Waals surface area contributed by atoms with Crippen molar-refractivity contribution in [2.24, 2.45) is 0 Å². The van der Waals surface area contributed by atoms with E-state index >= 15 is 0 Å². The van der Waals surface area contributed by atoms with Gasteiger partial charge in [0, 0.05) is 19.0 Å². The maximum atomic E-state index is 11.8. The fourth-order valence-electron chi connectivity index (χ4n) is 1.13. The molecule has 0 aromatic carbocycles. The molecule has 1 amide bonds. The number of esters is 1. The van der Waals surface area contributed by atoms with Crippen LogP contribution in [-0.4, -0.2) is 42.0 Å². The Balaban J connectivity index is 2.77. The van der Waals surface area contributed by atoms with Gasteiger partial charge >= 0.3 is 5.97 Å². The number of carbonyl (C=O) groups excluding carboxylic acids is 2. The highest BCUT2D eigenvalue weighted by molar-refractivity contribution is 7.11. The fraction of sp³-hybridized carbons (Fsp3) is 0.364. The molecule has 0 aliphatic carbocycles. The first-order chi connectivity index (χ1) is 8.10. The van der Waals surface area contributed by atoms with Crippen molar-refractivity contribution in [3.63, 3.8) is 0 Å². The number of nitrogens with zero attached hydrogens (tertiary/aromatic N) is 2. The molecule has 0 N–H and O–H groups in total. The maximum absolute atomic E-state index is 11.8. The lowest BCUT2D eigenvalue weighted by Gasteiger charge is -2.12. The van der Waals surface area contributed by atoms with Crippen LogP contribution in [0, 0.1) is 0 Å². The van der Waals surface area contributed by atoms with E-state index < -0.39 is 5.97 Å². The van der Waals surface area contributed by atoms with Gasteiger partial charge in [-0.25, -0.2) is 9.78 Å².